The van der Waals surface area contributed by atoms with Gasteiger partial charge in [-0.15, -0.1) is 0 Å². The number of methoxy groups -OCH3 is 1. The highest BCUT2D eigenvalue weighted by molar-refractivity contribution is 6.19. The number of hydrogen-bond acceptors (Lipinski definition) is 5. The largest absolute Gasteiger partial charge is 0.468 e. The lowest BCUT2D eigenvalue weighted by Gasteiger charge is -2.41. The van der Waals surface area contributed by atoms with Crippen LogP contribution in [0.5, 0.6) is 0 Å². The van der Waals surface area contributed by atoms with E-state index in [1.54, 1.807) is 6.08 Å². The van der Waals surface area contributed by atoms with Crippen molar-refractivity contribution in [3.63, 3.8) is 0 Å². The standard InChI is InChI=1S/C12H12O5/c1-17-11(16)12-7(3-2-4-9(12)14)8(13)5-6-10(12)15/h2,4-7,9,14H,3H2,1H3/t7-,9-,12-/m0/s1. The lowest BCUT2D eigenvalue weighted by Crippen LogP contribution is -2.58. The number of fused-ring (bicyclic) bond motifs is 1. The Labute approximate surface area is 97.8 Å². The summed E-state index contributed by atoms with van der Waals surface area (Å²) in [7, 11) is 1.13. The van der Waals surface area contributed by atoms with Crippen molar-refractivity contribution in [3.05, 3.63) is 24.3 Å². The topological polar surface area (TPSA) is 80.7 Å². The van der Waals surface area contributed by atoms with Gasteiger partial charge in [0.05, 0.1) is 19.1 Å². The number of ether oxygens (including phenoxy) is 1. The first-order valence-corrected chi connectivity index (χ1v) is 5.24. The Kier molecular flexibility index (Phi) is 2.71. The summed E-state index contributed by atoms with van der Waals surface area (Å²) in [6.45, 7) is 0. The maximum absolute atomic E-state index is 12.0. The summed E-state index contributed by atoms with van der Waals surface area (Å²) in [4.78, 5) is 35.6. The second-order valence-corrected chi connectivity index (χ2v) is 4.12. The number of esters is 1. The highest BCUT2D eigenvalue weighted by Gasteiger charge is 2.60. The molecule has 0 saturated heterocycles. The van der Waals surface area contributed by atoms with Gasteiger partial charge in [0.1, 0.15) is 0 Å². The molecular weight excluding hydrogens is 224 g/mol. The molecule has 2 aliphatic carbocycles. The summed E-state index contributed by atoms with van der Waals surface area (Å²) in [6, 6.07) is 0. The van der Waals surface area contributed by atoms with Gasteiger partial charge in [-0.3, -0.25) is 14.4 Å². The Morgan fingerprint density at radius 1 is 1.47 bits per heavy atom. The number of aliphatic hydroxyl groups excluding tert-OH is 1. The first-order chi connectivity index (χ1) is 8.05. The van der Waals surface area contributed by atoms with E-state index >= 15 is 0 Å². The summed E-state index contributed by atoms with van der Waals surface area (Å²) in [6.07, 6.45) is 4.08. The molecule has 90 valence electrons. The summed E-state index contributed by atoms with van der Waals surface area (Å²) < 4.78 is 4.60. The first kappa shape index (κ1) is 11.7. The van der Waals surface area contributed by atoms with Crippen LogP contribution in [0.25, 0.3) is 0 Å². The fourth-order valence-electron chi connectivity index (χ4n) is 2.49. The lowest BCUT2D eigenvalue weighted by atomic mass is 9.60. The minimum atomic E-state index is -1.80. The third kappa shape index (κ3) is 1.39. The van der Waals surface area contributed by atoms with Gasteiger partial charge in [-0.05, 0) is 18.6 Å². The quantitative estimate of drug-likeness (QED) is 0.387. The molecule has 17 heavy (non-hydrogen) atoms. The third-order valence-corrected chi connectivity index (χ3v) is 3.38. The van der Waals surface area contributed by atoms with Crippen molar-refractivity contribution in [1.29, 1.82) is 0 Å². The van der Waals surface area contributed by atoms with Gasteiger partial charge in [-0.25, -0.2) is 0 Å². The molecule has 3 atom stereocenters. The second-order valence-electron chi connectivity index (χ2n) is 4.12. The van der Waals surface area contributed by atoms with Crippen LogP contribution < -0.4 is 0 Å². The summed E-state index contributed by atoms with van der Waals surface area (Å²) >= 11 is 0. The predicted molar refractivity (Wildman–Crippen MR) is 56.9 cm³/mol. The van der Waals surface area contributed by atoms with E-state index in [4.69, 9.17) is 0 Å². The molecule has 0 unspecified atom stereocenters. The molecule has 1 N–H and O–H groups in total. The fourth-order valence-corrected chi connectivity index (χ4v) is 2.49. The van der Waals surface area contributed by atoms with Gasteiger partial charge in [-0.2, -0.15) is 0 Å². The van der Waals surface area contributed by atoms with Crippen LogP contribution in [0.2, 0.25) is 0 Å². The molecule has 0 aromatic heterocycles. The van der Waals surface area contributed by atoms with Gasteiger partial charge in [0, 0.05) is 0 Å². The van der Waals surface area contributed by atoms with E-state index in [0.29, 0.717) is 0 Å². The van der Waals surface area contributed by atoms with Crippen LogP contribution in [0.4, 0.5) is 0 Å². The van der Waals surface area contributed by atoms with Crippen molar-refractivity contribution in [1.82, 2.24) is 0 Å². The van der Waals surface area contributed by atoms with E-state index in [9.17, 15) is 19.5 Å². The molecular formula is C12H12O5. The molecule has 0 heterocycles. The third-order valence-electron chi connectivity index (χ3n) is 3.38. The van der Waals surface area contributed by atoms with Crippen molar-refractivity contribution in [2.45, 2.75) is 12.5 Å². The molecule has 0 bridgehead atoms. The van der Waals surface area contributed by atoms with Crippen LogP contribution >= 0.6 is 0 Å². The number of hydrogen-bond donors (Lipinski definition) is 1. The fraction of sp³-hybridized carbons (Fsp3) is 0.417. The highest BCUT2D eigenvalue weighted by Crippen LogP contribution is 2.43. The van der Waals surface area contributed by atoms with Crippen molar-refractivity contribution in [3.8, 4) is 0 Å². The zero-order valence-corrected chi connectivity index (χ0v) is 9.25. The first-order valence-electron chi connectivity index (χ1n) is 5.24. The molecule has 0 fully saturated rings. The van der Waals surface area contributed by atoms with Crippen LogP contribution in [0.15, 0.2) is 24.3 Å². The van der Waals surface area contributed by atoms with Crippen molar-refractivity contribution in [2.75, 3.05) is 7.11 Å². The zero-order chi connectivity index (χ0) is 12.6. The SMILES string of the molecule is COC(=O)[C@@]12C(=O)C=CC(=O)[C@@H]1CC=C[C@@H]2O. The molecule has 0 aromatic rings. The van der Waals surface area contributed by atoms with Crippen LogP contribution in [0.1, 0.15) is 6.42 Å². The number of carbonyl (C=O) groups is 3. The Morgan fingerprint density at radius 2 is 2.18 bits per heavy atom. The summed E-state index contributed by atoms with van der Waals surface area (Å²) in [5, 5.41) is 9.95. The van der Waals surface area contributed by atoms with Crippen LogP contribution in [0, 0.1) is 11.3 Å². The van der Waals surface area contributed by atoms with Gasteiger partial charge >= 0.3 is 5.97 Å². The van der Waals surface area contributed by atoms with E-state index in [0.717, 1.165) is 19.3 Å². The number of allylic oxidation sites excluding steroid dienone is 3. The lowest BCUT2D eigenvalue weighted by molar-refractivity contribution is -0.171. The Hall–Kier alpha value is -1.75. The number of carbonyl (C=O) groups excluding carboxylic acids is 3. The predicted octanol–water partition coefficient (Wildman–Crippen LogP) is -0.209. The summed E-state index contributed by atoms with van der Waals surface area (Å²) in [5.74, 6) is -2.64. The monoisotopic (exact) mass is 236 g/mol. The molecule has 0 aliphatic heterocycles. The summed E-state index contributed by atoms with van der Waals surface area (Å²) in [5.41, 5.74) is -1.80. The molecule has 0 saturated carbocycles. The molecule has 0 amide bonds. The molecule has 5 nitrogen and oxygen atoms in total. The van der Waals surface area contributed by atoms with Crippen molar-refractivity contribution >= 4 is 17.5 Å². The Bertz CT molecular complexity index is 448. The smallest absolute Gasteiger partial charge is 0.323 e. The zero-order valence-electron chi connectivity index (χ0n) is 9.25. The molecule has 5 heteroatoms. The van der Waals surface area contributed by atoms with Crippen molar-refractivity contribution in [2.24, 2.45) is 11.3 Å². The van der Waals surface area contributed by atoms with E-state index in [2.05, 4.69) is 4.74 Å². The highest BCUT2D eigenvalue weighted by atomic mass is 16.5. The van der Waals surface area contributed by atoms with E-state index < -0.39 is 29.2 Å². The van der Waals surface area contributed by atoms with Crippen LogP contribution in [0.3, 0.4) is 0 Å². The van der Waals surface area contributed by atoms with E-state index in [1.165, 1.54) is 6.08 Å². The average Bonchev–Trinajstić information content (AvgIpc) is 2.33. The normalized spacial score (nSPS) is 35.6. The second kappa shape index (κ2) is 3.92. The maximum atomic E-state index is 12.0. The minimum absolute atomic E-state index is 0.251. The molecule has 0 spiro atoms. The van der Waals surface area contributed by atoms with Crippen LogP contribution in [-0.2, 0) is 19.1 Å². The Balaban J connectivity index is 2.62. The molecule has 2 rings (SSSR count). The molecule has 2 aliphatic rings. The molecule has 0 radical (unpaired) electrons. The number of rotatable bonds is 1. The van der Waals surface area contributed by atoms with E-state index in [-0.39, 0.29) is 12.2 Å². The maximum Gasteiger partial charge on any atom is 0.323 e. The van der Waals surface area contributed by atoms with Gasteiger partial charge in [0.15, 0.2) is 17.0 Å². The van der Waals surface area contributed by atoms with Gasteiger partial charge in [-0.1, -0.05) is 12.2 Å². The van der Waals surface area contributed by atoms with Gasteiger partial charge in [0.2, 0.25) is 0 Å². The Morgan fingerprint density at radius 3 is 2.82 bits per heavy atom. The molecule has 0 aromatic carbocycles. The number of aliphatic hydroxyl groups is 1. The van der Waals surface area contributed by atoms with Gasteiger partial charge in [0.25, 0.3) is 0 Å². The number of ketones is 2. The minimum Gasteiger partial charge on any atom is -0.468 e. The average molecular weight is 236 g/mol. The van der Waals surface area contributed by atoms with Crippen molar-refractivity contribution < 1.29 is 24.2 Å². The van der Waals surface area contributed by atoms with E-state index in [1.807, 2.05) is 0 Å². The van der Waals surface area contributed by atoms with Gasteiger partial charge < -0.3 is 9.84 Å². The van der Waals surface area contributed by atoms with Crippen LogP contribution in [-0.4, -0.2) is 35.9 Å².